The lowest BCUT2D eigenvalue weighted by Crippen LogP contribution is -1.96. The van der Waals surface area contributed by atoms with Crippen molar-refractivity contribution in [3.63, 3.8) is 0 Å². The van der Waals surface area contributed by atoms with Gasteiger partial charge in [-0.3, -0.25) is 0 Å². The Balaban J connectivity index is 1.76. The lowest BCUT2D eigenvalue weighted by Gasteiger charge is -2.07. The molecule has 1 fully saturated rings. The van der Waals surface area contributed by atoms with Crippen LogP contribution < -0.4 is 4.74 Å². The van der Waals surface area contributed by atoms with Crippen molar-refractivity contribution < 1.29 is 4.74 Å². The second-order valence-electron chi connectivity index (χ2n) is 5.16. The van der Waals surface area contributed by atoms with Crippen molar-refractivity contribution in [2.75, 3.05) is 0 Å². The predicted octanol–water partition coefficient (Wildman–Crippen LogP) is 4.75. The van der Waals surface area contributed by atoms with E-state index < -0.39 is 0 Å². The van der Waals surface area contributed by atoms with E-state index in [1.165, 1.54) is 5.56 Å². The van der Waals surface area contributed by atoms with E-state index in [9.17, 15) is 0 Å². The minimum atomic E-state index is 0.444. The molecule has 3 rings (SSSR count). The van der Waals surface area contributed by atoms with Gasteiger partial charge in [0.25, 0.3) is 0 Å². The van der Waals surface area contributed by atoms with Gasteiger partial charge in [0, 0.05) is 12.0 Å². The van der Waals surface area contributed by atoms with Crippen LogP contribution >= 0.6 is 11.6 Å². The molecule has 3 nitrogen and oxygen atoms in total. The molecule has 1 aliphatic carbocycles. The quantitative estimate of drug-likeness (QED) is 0.745. The Hall–Kier alpha value is -1.61. The molecule has 1 heterocycles. The molecule has 1 aliphatic rings. The van der Waals surface area contributed by atoms with E-state index in [0.717, 1.165) is 37.3 Å². The number of hydrogen-bond donors (Lipinski definition) is 0. The summed E-state index contributed by atoms with van der Waals surface area (Å²) < 4.78 is 5.78. The molecule has 0 radical (unpaired) electrons. The average Bonchev–Trinajstić information content (AvgIpc) is 3.25. The number of benzene rings is 1. The second-order valence-corrected chi connectivity index (χ2v) is 5.54. The highest BCUT2D eigenvalue weighted by Crippen LogP contribution is 2.39. The number of halogens is 1. The summed E-state index contributed by atoms with van der Waals surface area (Å²) in [6, 6.07) is 9.77. The van der Waals surface area contributed by atoms with Crippen LogP contribution in [0, 0.1) is 0 Å². The normalized spacial score (nSPS) is 14.3. The van der Waals surface area contributed by atoms with E-state index >= 15 is 0 Å². The number of aryl methyl sites for hydroxylation is 1. The first-order valence-electron chi connectivity index (χ1n) is 7.06. The smallest absolute Gasteiger partial charge is 0.224 e. The molecule has 0 amide bonds. The van der Waals surface area contributed by atoms with Crippen molar-refractivity contribution in [2.45, 2.75) is 38.5 Å². The van der Waals surface area contributed by atoms with Crippen LogP contribution in [-0.4, -0.2) is 9.97 Å². The number of hydrogen-bond acceptors (Lipinski definition) is 3. The molecule has 1 aromatic carbocycles. The summed E-state index contributed by atoms with van der Waals surface area (Å²) in [5.74, 6) is 2.56. The first-order valence-corrected chi connectivity index (χ1v) is 7.43. The molecule has 0 bridgehead atoms. The molecule has 0 saturated heterocycles. The summed E-state index contributed by atoms with van der Waals surface area (Å²) in [5.41, 5.74) is 1.32. The van der Waals surface area contributed by atoms with Gasteiger partial charge in [0.05, 0.1) is 0 Å². The Morgan fingerprint density at radius 3 is 2.60 bits per heavy atom. The Bertz CT molecular complexity index is 594. The third kappa shape index (κ3) is 3.28. The van der Waals surface area contributed by atoms with E-state index in [2.05, 4.69) is 29.0 Å². The molecular formula is C16H17ClN2O. The van der Waals surface area contributed by atoms with Gasteiger partial charge in [0.1, 0.15) is 16.7 Å². The molecule has 1 aromatic heterocycles. The standard InChI is InChI=1S/C16H17ClN2O/c1-2-3-11-4-8-13(9-5-11)20-15-10-14(17)18-16(19-15)12-6-7-12/h4-5,8-10,12H,2-3,6-7H2,1H3. The zero-order valence-electron chi connectivity index (χ0n) is 11.5. The van der Waals surface area contributed by atoms with Crippen molar-refractivity contribution in [1.29, 1.82) is 0 Å². The van der Waals surface area contributed by atoms with Crippen LogP contribution in [0.2, 0.25) is 5.15 Å². The monoisotopic (exact) mass is 288 g/mol. The molecule has 4 heteroatoms. The van der Waals surface area contributed by atoms with Gasteiger partial charge in [-0.1, -0.05) is 37.1 Å². The van der Waals surface area contributed by atoms with Crippen LogP contribution in [0.25, 0.3) is 0 Å². The van der Waals surface area contributed by atoms with E-state index in [1.54, 1.807) is 6.07 Å². The molecule has 0 spiro atoms. The molecule has 0 aliphatic heterocycles. The molecular weight excluding hydrogens is 272 g/mol. The minimum absolute atomic E-state index is 0.444. The van der Waals surface area contributed by atoms with Crippen LogP contribution in [0.3, 0.4) is 0 Å². The van der Waals surface area contributed by atoms with Gasteiger partial charge in [-0.15, -0.1) is 0 Å². The molecule has 0 N–H and O–H groups in total. The Kier molecular flexibility index (Phi) is 3.88. The van der Waals surface area contributed by atoms with Crippen LogP contribution in [0.5, 0.6) is 11.6 Å². The lowest BCUT2D eigenvalue weighted by molar-refractivity contribution is 0.458. The van der Waals surface area contributed by atoms with E-state index in [-0.39, 0.29) is 0 Å². The number of aromatic nitrogens is 2. The van der Waals surface area contributed by atoms with E-state index in [1.807, 2.05) is 12.1 Å². The fraction of sp³-hybridized carbons (Fsp3) is 0.375. The molecule has 104 valence electrons. The fourth-order valence-corrected chi connectivity index (χ4v) is 2.30. The SMILES string of the molecule is CCCc1ccc(Oc2cc(Cl)nc(C3CC3)n2)cc1. The second kappa shape index (κ2) is 5.80. The summed E-state index contributed by atoms with van der Waals surface area (Å²) in [7, 11) is 0. The van der Waals surface area contributed by atoms with Crippen molar-refractivity contribution in [2.24, 2.45) is 0 Å². The zero-order chi connectivity index (χ0) is 13.9. The van der Waals surface area contributed by atoms with E-state index in [4.69, 9.17) is 16.3 Å². The van der Waals surface area contributed by atoms with E-state index in [0.29, 0.717) is 17.0 Å². The maximum Gasteiger partial charge on any atom is 0.224 e. The van der Waals surface area contributed by atoms with Gasteiger partial charge in [-0.2, -0.15) is 4.98 Å². The lowest BCUT2D eigenvalue weighted by atomic mass is 10.1. The minimum Gasteiger partial charge on any atom is -0.439 e. The largest absolute Gasteiger partial charge is 0.439 e. The zero-order valence-corrected chi connectivity index (χ0v) is 12.2. The molecule has 20 heavy (non-hydrogen) atoms. The molecule has 2 aromatic rings. The van der Waals surface area contributed by atoms with Gasteiger partial charge >= 0.3 is 0 Å². The first kappa shape index (κ1) is 13.4. The van der Waals surface area contributed by atoms with Gasteiger partial charge < -0.3 is 4.74 Å². The summed E-state index contributed by atoms with van der Waals surface area (Å²) in [4.78, 5) is 8.68. The summed E-state index contributed by atoms with van der Waals surface area (Å²) in [6.45, 7) is 2.17. The van der Waals surface area contributed by atoms with Crippen LogP contribution in [0.1, 0.15) is 43.5 Å². The third-order valence-electron chi connectivity index (χ3n) is 3.32. The number of nitrogens with zero attached hydrogens (tertiary/aromatic N) is 2. The van der Waals surface area contributed by atoms with Crippen molar-refractivity contribution in [1.82, 2.24) is 9.97 Å². The topological polar surface area (TPSA) is 35.0 Å². The molecule has 1 saturated carbocycles. The van der Waals surface area contributed by atoms with Gasteiger partial charge in [-0.05, 0) is 37.0 Å². The van der Waals surface area contributed by atoms with Crippen molar-refractivity contribution in [3.05, 3.63) is 46.9 Å². The Morgan fingerprint density at radius 1 is 1.20 bits per heavy atom. The van der Waals surface area contributed by atoms with Gasteiger partial charge in [-0.25, -0.2) is 4.98 Å². The fourth-order valence-electron chi connectivity index (χ4n) is 2.12. The number of ether oxygens (including phenoxy) is 1. The molecule has 0 unspecified atom stereocenters. The molecule has 0 atom stereocenters. The van der Waals surface area contributed by atoms with Crippen LogP contribution in [0.15, 0.2) is 30.3 Å². The first-order chi connectivity index (χ1) is 9.74. The predicted molar refractivity (Wildman–Crippen MR) is 79.5 cm³/mol. The average molecular weight is 289 g/mol. The third-order valence-corrected chi connectivity index (χ3v) is 3.51. The highest BCUT2D eigenvalue weighted by atomic mass is 35.5. The summed E-state index contributed by atoms with van der Waals surface area (Å²) >= 11 is 6.02. The highest BCUT2D eigenvalue weighted by molar-refractivity contribution is 6.29. The van der Waals surface area contributed by atoms with Gasteiger partial charge in [0.15, 0.2) is 0 Å². The van der Waals surface area contributed by atoms with Crippen molar-refractivity contribution in [3.8, 4) is 11.6 Å². The maximum absolute atomic E-state index is 6.02. The van der Waals surface area contributed by atoms with Gasteiger partial charge in [0.2, 0.25) is 5.88 Å². The maximum atomic E-state index is 6.02. The Labute approximate surface area is 124 Å². The highest BCUT2D eigenvalue weighted by Gasteiger charge is 2.27. The van der Waals surface area contributed by atoms with Crippen LogP contribution in [-0.2, 0) is 6.42 Å². The summed E-state index contributed by atoms with van der Waals surface area (Å²) in [6.07, 6.45) is 4.52. The summed E-state index contributed by atoms with van der Waals surface area (Å²) in [5, 5.41) is 0.444. The Morgan fingerprint density at radius 2 is 1.95 bits per heavy atom. The van der Waals surface area contributed by atoms with Crippen LogP contribution in [0.4, 0.5) is 0 Å². The number of rotatable bonds is 5. The van der Waals surface area contributed by atoms with Crippen molar-refractivity contribution >= 4 is 11.6 Å².